The molecule has 0 saturated carbocycles. The summed E-state index contributed by atoms with van der Waals surface area (Å²) in [7, 11) is 3.13. The zero-order chi connectivity index (χ0) is 24.2. The number of amides is 1. The van der Waals surface area contributed by atoms with Crippen molar-refractivity contribution in [3.8, 4) is 11.5 Å². The number of ether oxygens (including phenoxy) is 2. The first-order chi connectivity index (χ1) is 16.4. The van der Waals surface area contributed by atoms with Gasteiger partial charge in [0.25, 0.3) is 5.91 Å². The van der Waals surface area contributed by atoms with Crippen molar-refractivity contribution in [3.63, 3.8) is 0 Å². The van der Waals surface area contributed by atoms with Gasteiger partial charge in [-0.05, 0) is 36.6 Å². The smallest absolute Gasteiger partial charge is 0.257 e. The molecular weight excluding hydrogens is 432 g/mol. The number of nitrogens with one attached hydrogen (secondary N) is 1. The summed E-state index contributed by atoms with van der Waals surface area (Å²) in [5.74, 6) is 1.43. The number of nitrogens with two attached hydrogens (primary N) is 1. The molecule has 2 aromatic carbocycles. The second kappa shape index (κ2) is 9.78. The standard InChI is InChI=1S/C25H28N6O3/c1-15(2)12-13-27-25(32)20-21-24(30-18-10-6-5-9-17(18)29-21)31(23(20)26)28-14-16-8-7-11-19(33-3)22(16)34-4/h5-11,14-15H,12-13,26H2,1-4H3,(H,27,32)/b28-14+. The Hall–Kier alpha value is -4.14. The third kappa shape index (κ3) is 4.36. The van der Waals surface area contributed by atoms with E-state index in [9.17, 15) is 4.79 Å². The van der Waals surface area contributed by atoms with Gasteiger partial charge in [-0.1, -0.05) is 32.0 Å². The number of nitrogen functional groups attached to an aromatic ring is 1. The van der Waals surface area contributed by atoms with Gasteiger partial charge in [-0.15, -0.1) is 0 Å². The van der Waals surface area contributed by atoms with Crippen molar-refractivity contribution in [1.29, 1.82) is 0 Å². The van der Waals surface area contributed by atoms with Crippen molar-refractivity contribution < 1.29 is 14.3 Å². The number of carbonyl (C=O) groups excluding carboxylic acids is 1. The summed E-state index contributed by atoms with van der Waals surface area (Å²) in [5.41, 5.74) is 9.52. The highest BCUT2D eigenvalue weighted by molar-refractivity contribution is 6.10. The topological polar surface area (TPSA) is 117 Å². The summed E-state index contributed by atoms with van der Waals surface area (Å²) in [4.78, 5) is 22.5. The molecule has 0 aliphatic heterocycles. The number of rotatable bonds is 8. The van der Waals surface area contributed by atoms with E-state index >= 15 is 0 Å². The maximum Gasteiger partial charge on any atom is 0.257 e. The van der Waals surface area contributed by atoms with Gasteiger partial charge in [-0.25, -0.2) is 9.97 Å². The number of carbonyl (C=O) groups is 1. The maximum absolute atomic E-state index is 13.1. The molecule has 0 spiro atoms. The summed E-state index contributed by atoms with van der Waals surface area (Å²) in [6.45, 7) is 4.74. The average Bonchev–Trinajstić information content (AvgIpc) is 3.10. The van der Waals surface area contributed by atoms with Gasteiger partial charge in [0.05, 0.1) is 31.5 Å². The molecule has 9 heteroatoms. The monoisotopic (exact) mass is 460 g/mol. The zero-order valence-electron chi connectivity index (χ0n) is 19.7. The highest BCUT2D eigenvalue weighted by Gasteiger charge is 2.24. The fraction of sp³-hybridized carbons (Fsp3) is 0.280. The van der Waals surface area contributed by atoms with Crippen LogP contribution in [0.4, 0.5) is 5.82 Å². The van der Waals surface area contributed by atoms with Crippen LogP contribution in [0, 0.1) is 5.92 Å². The number of fused-ring (bicyclic) bond motifs is 2. The molecule has 4 rings (SSSR count). The van der Waals surface area contributed by atoms with Crippen LogP contribution in [0.1, 0.15) is 36.2 Å². The number of hydrogen-bond acceptors (Lipinski definition) is 7. The largest absolute Gasteiger partial charge is 0.493 e. The second-order valence-electron chi connectivity index (χ2n) is 8.22. The third-order valence-electron chi connectivity index (χ3n) is 5.45. The first-order valence-corrected chi connectivity index (χ1v) is 11.0. The van der Waals surface area contributed by atoms with Crippen molar-refractivity contribution in [3.05, 3.63) is 53.6 Å². The van der Waals surface area contributed by atoms with Crippen LogP contribution in [0.2, 0.25) is 0 Å². The van der Waals surface area contributed by atoms with Crippen LogP contribution in [-0.4, -0.2) is 47.5 Å². The second-order valence-corrected chi connectivity index (χ2v) is 8.22. The van der Waals surface area contributed by atoms with Gasteiger partial charge in [0.15, 0.2) is 17.1 Å². The number of benzene rings is 2. The van der Waals surface area contributed by atoms with Gasteiger partial charge in [-0.3, -0.25) is 4.79 Å². The average molecular weight is 461 g/mol. The molecule has 3 N–H and O–H groups in total. The Morgan fingerprint density at radius 3 is 2.53 bits per heavy atom. The quantitative estimate of drug-likeness (QED) is 0.386. The number of methoxy groups -OCH3 is 2. The molecule has 2 aromatic heterocycles. The minimum atomic E-state index is -0.305. The SMILES string of the molecule is COc1cccc(/C=N/n2c(N)c(C(=O)NCCC(C)C)c3nc4ccccc4nc32)c1OC. The van der Waals surface area contributed by atoms with Crippen molar-refractivity contribution in [2.24, 2.45) is 11.0 Å². The molecule has 34 heavy (non-hydrogen) atoms. The van der Waals surface area contributed by atoms with Gasteiger partial charge >= 0.3 is 0 Å². The number of nitrogens with zero attached hydrogens (tertiary/aromatic N) is 4. The number of para-hydroxylation sites is 3. The lowest BCUT2D eigenvalue weighted by atomic mass is 10.1. The Bertz CT molecular complexity index is 1380. The lowest BCUT2D eigenvalue weighted by molar-refractivity contribution is 0.0954. The van der Waals surface area contributed by atoms with Crippen molar-refractivity contribution in [1.82, 2.24) is 20.0 Å². The van der Waals surface area contributed by atoms with E-state index in [1.807, 2.05) is 36.4 Å². The van der Waals surface area contributed by atoms with E-state index in [1.54, 1.807) is 26.5 Å². The Morgan fingerprint density at radius 2 is 1.85 bits per heavy atom. The van der Waals surface area contributed by atoms with E-state index in [-0.39, 0.29) is 17.3 Å². The lowest BCUT2D eigenvalue weighted by Crippen LogP contribution is -2.26. The molecular formula is C25H28N6O3. The van der Waals surface area contributed by atoms with Crippen molar-refractivity contribution in [2.75, 3.05) is 26.5 Å². The van der Waals surface area contributed by atoms with Crippen molar-refractivity contribution >= 4 is 40.1 Å². The van der Waals surface area contributed by atoms with E-state index in [2.05, 4.69) is 24.3 Å². The van der Waals surface area contributed by atoms with Crippen LogP contribution in [0.3, 0.4) is 0 Å². The molecule has 0 bridgehead atoms. The maximum atomic E-state index is 13.1. The number of hydrogen-bond donors (Lipinski definition) is 2. The van der Waals surface area contributed by atoms with Crippen LogP contribution in [0.15, 0.2) is 47.6 Å². The molecule has 176 valence electrons. The molecule has 2 heterocycles. The first-order valence-electron chi connectivity index (χ1n) is 11.0. The van der Waals surface area contributed by atoms with Crippen LogP contribution >= 0.6 is 0 Å². The van der Waals surface area contributed by atoms with Crippen LogP contribution in [0.5, 0.6) is 11.5 Å². The summed E-state index contributed by atoms with van der Waals surface area (Å²) in [6.07, 6.45) is 2.45. The lowest BCUT2D eigenvalue weighted by Gasteiger charge is -2.09. The fourth-order valence-corrected chi connectivity index (χ4v) is 3.68. The summed E-state index contributed by atoms with van der Waals surface area (Å²) in [6, 6.07) is 12.9. The molecule has 0 aliphatic rings. The Morgan fingerprint density at radius 1 is 1.12 bits per heavy atom. The van der Waals surface area contributed by atoms with E-state index in [1.165, 1.54) is 4.68 Å². The van der Waals surface area contributed by atoms with Gasteiger partial charge in [0.1, 0.15) is 16.9 Å². The van der Waals surface area contributed by atoms with Gasteiger partial charge in [-0.2, -0.15) is 9.78 Å². The molecule has 1 amide bonds. The molecule has 4 aromatic rings. The fourth-order valence-electron chi connectivity index (χ4n) is 3.68. The zero-order valence-corrected chi connectivity index (χ0v) is 19.7. The van der Waals surface area contributed by atoms with Crippen molar-refractivity contribution in [2.45, 2.75) is 20.3 Å². The summed E-state index contributed by atoms with van der Waals surface area (Å²) >= 11 is 0. The van der Waals surface area contributed by atoms with E-state index in [0.29, 0.717) is 51.7 Å². The van der Waals surface area contributed by atoms with E-state index in [0.717, 1.165) is 6.42 Å². The molecule has 0 saturated heterocycles. The molecule has 0 radical (unpaired) electrons. The summed E-state index contributed by atoms with van der Waals surface area (Å²) in [5, 5.41) is 7.50. The molecule has 0 fully saturated rings. The number of aromatic nitrogens is 3. The van der Waals surface area contributed by atoms with E-state index in [4.69, 9.17) is 25.2 Å². The van der Waals surface area contributed by atoms with Crippen LogP contribution in [0.25, 0.3) is 22.2 Å². The predicted molar refractivity (Wildman–Crippen MR) is 134 cm³/mol. The molecule has 0 unspecified atom stereocenters. The van der Waals surface area contributed by atoms with E-state index < -0.39 is 0 Å². The number of anilines is 1. The van der Waals surface area contributed by atoms with Crippen LogP contribution < -0.4 is 20.5 Å². The van der Waals surface area contributed by atoms with Gasteiger partial charge < -0.3 is 20.5 Å². The van der Waals surface area contributed by atoms with Gasteiger partial charge in [0, 0.05) is 12.1 Å². The predicted octanol–water partition coefficient (Wildman–Crippen LogP) is 3.84. The first kappa shape index (κ1) is 23.0. The third-order valence-corrected chi connectivity index (χ3v) is 5.45. The van der Waals surface area contributed by atoms with Crippen LogP contribution in [-0.2, 0) is 0 Å². The highest BCUT2D eigenvalue weighted by atomic mass is 16.5. The Labute approximate surface area is 197 Å². The normalized spacial score (nSPS) is 11.6. The molecule has 9 nitrogen and oxygen atoms in total. The molecule has 0 atom stereocenters. The minimum Gasteiger partial charge on any atom is -0.493 e. The molecule has 0 aliphatic carbocycles. The highest BCUT2D eigenvalue weighted by Crippen LogP contribution is 2.31. The van der Waals surface area contributed by atoms with Gasteiger partial charge in [0.2, 0.25) is 0 Å². The Kier molecular flexibility index (Phi) is 6.62. The summed E-state index contributed by atoms with van der Waals surface area (Å²) < 4.78 is 12.3. The minimum absolute atomic E-state index is 0.158. The Balaban J connectivity index is 1.85.